The van der Waals surface area contributed by atoms with Crippen molar-refractivity contribution in [3.05, 3.63) is 71.8 Å². The second kappa shape index (κ2) is 9.50. The summed E-state index contributed by atoms with van der Waals surface area (Å²) in [5.41, 5.74) is 2.13. The minimum Gasteiger partial charge on any atom is -0.445 e. The van der Waals surface area contributed by atoms with Gasteiger partial charge in [-0.1, -0.05) is 60.7 Å². The van der Waals surface area contributed by atoms with Gasteiger partial charge in [-0.15, -0.1) is 0 Å². The summed E-state index contributed by atoms with van der Waals surface area (Å²) in [5.74, 6) is 0.0163. The van der Waals surface area contributed by atoms with E-state index in [-0.39, 0.29) is 12.4 Å². The lowest BCUT2D eigenvalue weighted by molar-refractivity contribution is -0.120. The third-order valence-corrected chi connectivity index (χ3v) is 3.76. The van der Waals surface area contributed by atoms with Crippen LogP contribution in [0.4, 0.5) is 4.79 Å². The smallest absolute Gasteiger partial charge is 0.408 e. The first-order valence-corrected chi connectivity index (χ1v) is 8.19. The third kappa shape index (κ3) is 6.24. The highest BCUT2D eigenvalue weighted by Gasteiger charge is 2.15. The summed E-state index contributed by atoms with van der Waals surface area (Å²) in [5, 5.41) is 2.59. The Morgan fingerprint density at radius 3 is 2.17 bits per heavy atom. The van der Waals surface area contributed by atoms with Crippen LogP contribution in [0.3, 0.4) is 0 Å². The van der Waals surface area contributed by atoms with Crippen LogP contribution >= 0.6 is 0 Å². The van der Waals surface area contributed by atoms with Crippen molar-refractivity contribution in [2.45, 2.75) is 38.8 Å². The Balaban J connectivity index is 1.66. The summed E-state index contributed by atoms with van der Waals surface area (Å²) in [6, 6.07) is 18.9. The Kier molecular flexibility index (Phi) is 7.02. The number of carbonyl (C=O) groups excluding carboxylic acids is 2. The molecule has 0 heterocycles. The Morgan fingerprint density at radius 2 is 1.54 bits per heavy atom. The molecule has 0 aromatic heterocycles. The van der Waals surface area contributed by atoms with E-state index in [1.54, 1.807) is 6.92 Å². The summed E-state index contributed by atoms with van der Waals surface area (Å²) < 4.78 is 5.12. The van der Waals surface area contributed by atoms with E-state index in [1.165, 1.54) is 5.56 Å². The van der Waals surface area contributed by atoms with Crippen molar-refractivity contribution in [1.82, 2.24) is 5.32 Å². The molecule has 0 aliphatic rings. The van der Waals surface area contributed by atoms with Crippen molar-refractivity contribution in [1.29, 1.82) is 0 Å². The zero-order chi connectivity index (χ0) is 17.2. The van der Waals surface area contributed by atoms with Crippen LogP contribution in [0.25, 0.3) is 0 Å². The molecule has 0 saturated carbocycles. The number of benzene rings is 2. The van der Waals surface area contributed by atoms with Crippen molar-refractivity contribution in [2.24, 2.45) is 0 Å². The van der Waals surface area contributed by atoms with E-state index < -0.39 is 12.1 Å². The molecule has 1 atom stereocenters. The van der Waals surface area contributed by atoms with E-state index in [0.717, 1.165) is 18.4 Å². The molecular weight excluding hydrogens is 302 g/mol. The quantitative estimate of drug-likeness (QED) is 0.801. The molecule has 2 rings (SSSR count). The summed E-state index contributed by atoms with van der Waals surface area (Å²) in [4.78, 5) is 23.8. The Hall–Kier alpha value is -2.62. The molecule has 0 aliphatic heterocycles. The van der Waals surface area contributed by atoms with Crippen LogP contribution in [-0.2, 0) is 22.6 Å². The molecule has 24 heavy (non-hydrogen) atoms. The fourth-order valence-electron chi connectivity index (χ4n) is 2.35. The molecule has 126 valence electrons. The maximum atomic E-state index is 12.1. The first kappa shape index (κ1) is 17.7. The van der Waals surface area contributed by atoms with Gasteiger partial charge < -0.3 is 10.1 Å². The maximum absolute atomic E-state index is 12.1. The molecule has 0 radical (unpaired) electrons. The van der Waals surface area contributed by atoms with Gasteiger partial charge in [0.25, 0.3) is 0 Å². The number of hydrogen-bond donors (Lipinski definition) is 1. The van der Waals surface area contributed by atoms with Crippen molar-refractivity contribution in [3.63, 3.8) is 0 Å². The minimum absolute atomic E-state index is 0.0163. The third-order valence-electron chi connectivity index (χ3n) is 3.76. The monoisotopic (exact) mass is 325 g/mol. The fraction of sp³-hybridized carbons (Fsp3) is 0.300. The van der Waals surface area contributed by atoms with Gasteiger partial charge in [-0.3, -0.25) is 4.79 Å². The summed E-state index contributed by atoms with van der Waals surface area (Å²) in [6.07, 6.45) is 1.50. The second-order valence-electron chi connectivity index (χ2n) is 5.73. The van der Waals surface area contributed by atoms with Gasteiger partial charge in [0, 0.05) is 6.42 Å². The molecule has 4 nitrogen and oxygen atoms in total. The summed E-state index contributed by atoms with van der Waals surface area (Å²) in [6.45, 7) is 1.89. The van der Waals surface area contributed by atoms with Gasteiger partial charge in [-0.25, -0.2) is 4.79 Å². The molecule has 1 amide bonds. The maximum Gasteiger partial charge on any atom is 0.408 e. The van der Waals surface area contributed by atoms with Gasteiger partial charge in [0.05, 0.1) is 6.04 Å². The highest BCUT2D eigenvalue weighted by molar-refractivity contribution is 5.86. The highest BCUT2D eigenvalue weighted by Crippen LogP contribution is 2.06. The Labute approximate surface area is 142 Å². The second-order valence-corrected chi connectivity index (χ2v) is 5.73. The van der Waals surface area contributed by atoms with E-state index in [2.05, 4.69) is 5.32 Å². The molecule has 0 aliphatic carbocycles. The van der Waals surface area contributed by atoms with E-state index in [0.29, 0.717) is 6.42 Å². The first-order chi connectivity index (χ1) is 11.6. The van der Waals surface area contributed by atoms with Crippen LogP contribution in [-0.4, -0.2) is 17.9 Å². The number of rotatable bonds is 8. The van der Waals surface area contributed by atoms with Crippen molar-refractivity contribution in [2.75, 3.05) is 0 Å². The number of ketones is 1. The molecule has 0 bridgehead atoms. The van der Waals surface area contributed by atoms with E-state index in [1.807, 2.05) is 60.7 Å². The predicted octanol–water partition coefficient (Wildman–Crippen LogP) is 3.89. The van der Waals surface area contributed by atoms with Crippen LogP contribution < -0.4 is 5.32 Å². The lowest BCUT2D eigenvalue weighted by Crippen LogP contribution is -2.38. The standard InChI is InChI=1S/C20H23NO3/c1-16(19(22)14-8-13-17-9-4-2-5-10-17)21-20(23)24-15-18-11-6-3-7-12-18/h2-7,9-12,16H,8,13-15H2,1H3,(H,21,23)/t16-/m1/s1. The van der Waals surface area contributed by atoms with Crippen molar-refractivity contribution < 1.29 is 14.3 Å². The Bertz CT molecular complexity index is 640. The van der Waals surface area contributed by atoms with E-state index >= 15 is 0 Å². The van der Waals surface area contributed by atoms with Crippen molar-refractivity contribution in [3.8, 4) is 0 Å². The number of hydrogen-bond acceptors (Lipinski definition) is 3. The van der Waals surface area contributed by atoms with E-state index in [9.17, 15) is 9.59 Å². The predicted molar refractivity (Wildman–Crippen MR) is 93.6 cm³/mol. The van der Waals surface area contributed by atoms with Crippen LogP contribution in [0, 0.1) is 0 Å². The van der Waals surface area contributed by atoms with Crippen LogP contribution in [0.1, 0.15) is 30.9 Å². The Morgan fingerprint density at radius 1 is 0.958 bits per heavy atom. The topological polar surface area (TPSA) is 55.4 Å². The van der Waals surface area contributed by atoms with Crippen LogP contribution in [0.15, 0.2) is 60.7 Å². The van der Waals surface area contributed by atoms with E-state index in [4.69, 9.17) is 4.74 Å². The van der Waals surface area contributed by atoms with Crippen molar-refractivity contribution >= 4 is 11.9 Å². The van der Waals surface area contributed by atoms with Crippen LogP contribution in [0.5, 0.6) is 0 Å². The fourth-order valence-corrected chi connectivity index (χ4v) is 2.35. The van der Waals surface area contributed by atoms with Gasteiger partial charge >= 0.3 is 6.09 Å². The molecule has 4 heteroatoms. The number of aryl methyl sites for hydroxylation is 1. The average Bonchev–Trinajstić information content (AvgIpc) is 2.61. The van der Waals surface area contributed by atoms with Gasteiger partial charge in [-0.2, -0.15) is 0 Å². The number of nitrogens with one attached hydrogen (secondary N) is 1. The first-order valence-electron chi connectivity index (χ1n) is 8.19. The van der Waals surface area contributed by atoms with Gasteiger partial charge in [0.2, 0.25) is 0 Å². The highest BCUT2D eigenvalue weighted by atomic mass is 16.5. The number of ether oxygens (including phenoxy) is 1. The molecule has 0 spiro atoms. The molecule has 2 aromatic carbocycles. The molecule has 0 fully saturated rings. The molecular formula is C20H23NO3. The zero-order valence-electron chi connectivity index (χ0n) is 13.9. The van der Waals surface area contributed by atoms with Gasteiger partial charge in [-0.05, 0) is 30.9 Å². The van der Waals surface area contributed by atoms with Gasteiger partial charge in [0.15, 0.2) is 5.78 Å². The number of alkyl carbamates (subject to hydrolysis) is 1. The molecule has 1 N–H and O–H groups in total. The SMILES string of the molecule is C[C@@H](NC(=O)OCc1ccccc1)C(=O)CCCc1ccccc1. The molecule has 0 unspecified atom stereocenters. The zero-order valence-corrected chi connectivity index (χ0v) is 13.9. The average molecular weight is 325 g/mol. The number of amides is 1. The lowest BCUT2D eigenvalue weighted by atomic mass is 10.0. The molecule has 2 aromatic rings. The largest absolute Gasteiger partial charge is 0.445 e. The summed E-state index contributed by atoms with van der Waals surface area (Å²) in [7, 11) is 0. The normalized spacial score (nSPS) is 11.5. The minimum atomic E-state index is -0.567. The lowest BCUT2D eigenvalue weighted by Gasteiger charge is -2.13. The molecule has 0 saturated heterocycles. The van der Waals surface area contributed by atoms with Crippen LogP contribution in [0.2, 0.25) is 0 Å². The number of carbonyl (C=O) groups is 2. The summed E-state index contributed by atoms with van der Waals surface area (Å²) >= 11 is 0. The van der Waals surface area contributed by atoms with Gasteiger partial charge in [0.1, 0.15) is 6.61 Å². The number of Topliss-reactive ketones (excluding diaryl/α,β-unsaturated/α-hetero) is 1.